The number of esters is 1. The Bertz CT molecular complexity index is 455. The molecule has 0 saturated heterocycles. The van der Waals surface area contributed by atoms with Gasteiger partial charge in [-0.25, -0.2) is 4.79 Å². The van der Waals surface area contributed by atoms with Crippen molar-refractivity contribution in [2.45, 2.75) is 92.8 Å². The van der Waals surface area contributed by atoms with Crippen molar-refractivity contribution in [3.05, 3.63) is 23.8 Å². The van der Waals surface area contributed by atoms with Crippen LogP contribution < -0.4 is 0 Å². The Morgan fingerprint density at radius 2 is 1.62 bits per heavy atom. The molecule has 0 radical (unpaired) electrons. The van der Waals surface area contributed by atoms with E-state index in [-0.39, 0.29) is 23.5 Å². The van der Waals surface area contributed by atoms with Gasteiger partial charge in [-0.1, -0.05) is 31.9 Å². The standard InChI is InChI=1S/C19H34O3.C3H6O/c1-15(2)22-18(20)14-17(4)11-8-10-16(3)12-9-13-19(5,6)21-7;1-3(2)4/h8,11,14-16H,9-10,12-13H2,1-7H3;1-2H3/b11-8+,17-14+;. The van der Waals surface area contributed by atoms with Gasteiger partial charge >= 0.3 is 5.97 Å². The topological polar surface area (TPSA) is 52.6 Å². The minimum atomic E-state index is -0.271. The van der Waals surface area contributed by atoms with Crippen LogP contribution in [0.3, 0.4) is 0 Å². The van der Waals surface area contributed by atoms with Gasteiger partial charge < -0.3 is 14.3 Å². The maximum absolute atomic E-state index is 11.5. The van der Waals surface area contributed by atoms with Crippen molar-refractivity contribution in [3.63, 3.8) is 0 Å². The average molecular weight is 369 g/mol. The third kappa shape index (κ3) is 20.6. The number of allylic oxidation sites excluding steroid dienone is 3. The number of methoxy groups -OCH3 is 1. The first kappa shape index (κ1) is 26.8. The highest BCUT2D eigenvalue weighted by atomic mass is 16.5. The molecule has 0 aromatic rings. The van der Waals surface area contributed by atoms with Gasteiger partial charge in [-0.3, -0.25) is 0 Å². The van der Waals surface area contributed by atoms with Gasteiger partial charge in [0.15, 0.2) is 0 Å². The van der Waals surface area contributed by atoms with Crippen molar-refractivity contribution in [2.75, 3.05) is 7.11 Å². The molecule has 26 heavy (non-hydrogen) atoms. The number of rotatable bonds is 10. The van der Waals surface area contributed by atoms with Gasteiger partial charge in [-0.2, -0.15) is 0 Å². The molecule has 4 heteroatoms. The summed E-state index contributed by atoms with van der Waals surface area (Å²) in [5.41, 5.74) is 0.907. The van der Waals surface area contributed by atoms with Gasteiger partial charge in [0.05, 0.1) is 11.7 Å². The minimum absolute atomic E-state index is 0.0222. The fraction of sp³-hybridized carbons (Fsp3) is 0.727. The van der Waals surface area contributed by atoms with Gasteiger partial charge in [0.2, 0.25) is 0 Å². The number of ketones is 1. The zero-order valence-corrected chi connectivity index (χ0v) is 18.3. The van der Waals surface area contributed by atoms with Crippen LogP contribution in [0.25, 0.3) is 0 Å². The Kier molecular flexibility index (Phi) is 15.2. The summed E-state index contributed by atoms with van der Waals surface area (Å²) in [6.07, 6.45) is 10.1. The van der Waals surface area contributed by atoms with E-state index in [1.54, 1.807) is 13.2 Å². The lowest BCUT2D eigenvalue weighted by Gasteiger charge is -2.23. The largest absolute Gasteiger partial charge is 0.460 e. The molecular weight excluding hydrogens is 328 g/mol. The lowest BCUT2D eigenvalue weighted by atomic mass is 9.95. The van der Waals surface area contributed by atoms with Crippen LogP contribution in [0.1, 0.15) is 81.1 Å². The molecule has 0 fully saturated rings. The molecule has 0 saturated carbocycles. The van der Waals surface area contributed by atoms with E-state index in [9.17, 15) is 9.59 Å². The van der Waals surface area contributed by atoms with Crippen LogP contribution in [-0.4, -0.2) is 30.6 Å². The zero-order chi connectivity index (χ0) is 20.8. The molecule has 0 aromatic heterocycles. The monoisotopic (exact) mass is 368 g/mol. The van der Waals surface area contributed by atoms with Crippen LogP contribution in [0.4, 0.5) is 0 Å². The van der Waals surface area contributed by atoms with E-state index in [1.807, 2.05) is 26.8 Å². The van der Waals surface area contributed by atoms with Crippen molar-refractivity contribution in [1.29, 1.82) is 0 Å². The predicted octanol–water partition coefficient (Wildman–Crippen LogP) is 5.66. The van der Waals surface area contributed by atoms with E-state index in [4.69, 9.17) is 9.47 Å². The van der Waals surface area contributed by atoms with Crippen LogP contribution in [0.15, 0.2) is 23.8 Å². The molecule has 152 valence electrons. The molecule has 0 aliphatic heterocycles. The molecule has 0 aliphatic carbocycles. The second-order valence-electron chi connectivity index (χ2n) is 7.88. The lowest BCUT2D eigenvalue weighted by molar-refractivity contribution is -0.141. The van der Waals surface area contributed by atoms with E-state index in [1.165, 1.54) is 26.7 Å². The number of carbonyl (C=O) groups is 2. The Hall–Kier alpha value is -1.42. The smallest absolute Gasteiger partial charge is 0.331 e. The first-order valence-corrected chi connectivity index (χ1v) is 9.47. The van der Waals surface area contributed by atoms with E-state index in [2.05, 4.69) is 26.8 Å². The van der Waals surface area contributed by atoms with Crippen LogP contribution in [0.2, 0.25) is 0 Å². The molecule has 1 atom stereocenters. The highest BCUT2D eigenvalue weighted by molar-refractivity contribution is 5.83. The Balaban J connectivity index is 0. The number of ether oxygens (including phenoxy) is 2. The van der Waals surface area contributed by atoms with Crippen molar-refractivity contribution < 1.29 is 19.1 Å². The molecule has 4 nitrogen and oxygen atoms in total. The number of hydrogen-bond acceptors (Lipinski definition) is 4. The van der Waals surface area contributed by atoms with Gasteiger partial charge in [0.25, 0.3) is 0 Å². The van der Waals surface area contributed by atoms with Crippen molar-refractivity contribution >= 4 is 11.8 Å². The predicted molar refractivity (Wildman–Crippen MR) is 109 cm³/mol. The molecule has 0 bridgehead atoms. The summed E-state index contributed by atoms with van der Waals surface area (Å²) in [5.74, 6) is 0.534. The summed E-state index contributed by atoms with van der Waals surface area (Å²) in [7, 11) is 1.77. The fourth-order valence-corrected chi connectivity index (χ4v) is 2.08. The third-order valence-electron chi connectivity index (χ3n) is 3.64. The van der Waals surface area contributed by atoms with E-state index in [0.717, 1.165) is 18.4 Å². The Labute approximate surface area is 161 Å². The summed E-state index contributed by atoms with van der Waals surface area (Å²) in [6, 6.07) is 0. The first-order chi connectivity index (χ1) is 11.9. The first-order valence-electron chi connectivity index (χ1n) is 9.47. The summed E-state index contributed by atoms with van der Waals surface area (Å²) < 4.78 is 10.5. The highest BCUT2D eigenvalue weighted by Gasteiger charge is 2.15. The molecule has 0 heterocycles. The second-order valence-corrected chi connectivity index (χ2v) is 7.88. The minimum Gasteiger partial charge on any atom is -0.460 e. The second kappa shape index (κ2) is 14.7. The molecule has 1 unspecified atom stereocenters. The van der Waals surface area contributed by atoms with Crippen molar-refractivity contribution in [3.8, 4) is 0 Å². The van der Waals surface area contributed by atoms with Crippen LogP contribution in [0.5, 0.6) is 0 Å². The van der Waals surface area contributed by atoms with Crippen LogP contribution >= 0.6 is 0 Å². The van der Waals surface area contributed by atoms with Gasteiger partial charge in [-0.05, 0) is 72.8 Å². The van der Waals surface area contributed by atoms with E-state index in [0.29, 0.717) is 5.92 Å². The van der Waals surface area contributed by atoms with Crippen LogP contribution in [0, 0.1) is 5.92 Å². The molecule has 0 N–H and O–H groups in total. The van der Waals surface area contributed by atoms with Gasteiger partial charge in [0, 0.05) is 13.2 Å². The Morgan fingerprint density at radius 1 is 1.08 bits per heavy atom. The maximum atomic E-state index is 11.5. The van der Waals surface area contributed by atoms with Gasteiger partial charge in [0.1, 0.15) is 5.78 Å². The SMILES string of the molecule is CC(C)=O.COC(C)(C)CCCC(C)C/C=C/C(C)=C/C(=O)OC(C)C. The molecule has 0 spiro atoms. The van der Waals surface area contributed by atoms with E-state index < -0.39 is 0 Å². The van der Waals surface area contributed by atoms with Crippen LogP contribution in [-0.2, 0) is 19.1 Å². The van der Waals surface area contributed by atoms with E-state index >= 15 is 0 Å². The summed E-state index contributed by atoms with van der Waals surface area (Å²) >= 11 is 0. The molecule has 0 aromatic carbocycles. The zero-order valence-electron chi connectivity index (χ0n) is 18.3. The number of Topliss-reactive ketones (excluding diaryl/α,β-unsaturated/α-hetero) is 1. The molecule has 0 amide bonds. The average Bonchev–Trinajstić information content (AvgIpc) is 2.45. The normalized spacial score (nSPS) is 13.4. The molecule has 0 rings (SSSR count). The Morgan fingerprint density at radius 3 is 2.08 bits per heavy atom. The fourth-order valence-electron chi connectivity index (χ4n) is 2.08. The molecule has 0 aliphatic rings. The highest BCUT2D eigenvalue weighted by Crippen LogP contribution is 2.20. The molecular formula is C22H40O4. The maximum Gasteiger partial charge on any atom is 0.331 e. The van der Waals surface area contributed by atoms with Crippen molar-refractivity contribution in [1.82, 2.24) is 0 Å². The quantitative estimate of drug-likeness (QED) is 0.284. The number of hydrogen-bond donors (Lipinski definition) is 0. The summed E-state index contributed by atoms with van der Waals surface area (Å²) in [4.78, 5) is 20.9. The number of carbonyl (C=O) groups excluding carboxylic acids is 2. The van der Waals surface area contributed by atoms with Crippen molar-refractivity contribution in [2.24, 2.45) is 5.92 Å². The lowest BCUT2D eigenvalue weighted by Crippen LogP contribution is -2.22. The third-order valence-corrected chi connectivity index (χ3v) is 3.64. The summed E-state index contributed by atoms with van der Waals surface area (Å²) in [5, 5.41) is 0. The summed E-state index contributed by atoms with van der Waals surface area (Å²) in [6.45, 7) is 15.2. The van der Waals surface area contributed by atoms with Gasteiger partial charge in [-0.15, -0.1) is 0 Å².